The third-order valence-electron chi connectivity index (χ3n) is 4.49. The van der Waals surface area contributed by atoms with E-state index < -0.39 is 7.14 Å². The van der Waals surface area contributed by atoms with E-state index in [9.17, 15) is 4.57 Å². The lowest BCUT2D eigenvalue weighted by molar-refractivity contribution is 0.592. The summed E-state index contributed by atoms with van der Waals surface area (Å²) >= 11 is 6.96. The lowest BCUT2D eigenvalue weighted by Gasteiger charge is -2.22. The third kappa shape index (κ3) is 3.09. The van der Waals surface area contributed by atoms with Crippen LogP contribution < -0.4 is 15.9 Å². The molecule has 0 unspecified atom stereocenters. The number of hydrogen-bond donors (Lipinski definition) is 0. The Morgan fingerprint density at radius 1 is 0.577 bits per heavy atom. The van der Waals surface area contributed by atoms with Gasteiger partial charge in [0.15, 0.2) is 7.14 Å². The first-order valence-electron chi connectivity index (χ1n) is 8.20. The van der Waals surface area contributed by atoms with Crippen LogP contribution in [0, 0.1) is 0 Å². The summed E-state index contributed by atoms with van der Waals surface area (Å²) in [4.78, 5) is 0. The predicted molar refractivity (Wildman–Crippen MR) is 119 cm³/mol. The van der Waals surface area contributed by atoms with Crippen LogP contribution in [0.15, 0.2) is 99.9 Å². The maximum Gasteiger partial charge on any atom is 0.171 e. The van der Waals surface area contributed by atoms with E-state index in [0.717, 1.165) is 35.6 Å². The van der Waals surface area contributed by atoms with Gasteiger partial charge < -0.3 is 4.57 Å². The molecule has 0 atom stereocenters. The number of benzene rings is 4. The average molecular weight is 486 g/mol. The van der Waals surface area contributed by atoms with Crippen LogP contribution in [0.3, 0.4) is 0 Å². The monoisotopic (exact) mass is 484 g/mol. The molecule has 0 aliphatic carbocycles. The van der Waals surface area contributed by atoms with Crippen molar-refractivity contribution in [3.05, 3.63) is 99.9 Å². The minimum Gasteiger partial charge on any atom is -0.309 e. The number of hydrogen-bond acceptors (Lipinski definition) is 1. The Morgan fingerprint density at radius 2 is 1.08 bits per heavy atom. The normalized spacial score (nSPS) is 11.6. The molecule has 1 nitrogen and oxygen atoms in total. The zero-order valence-corrected chi connectivity index (χ0v) is 17.8. The summed E-state index contributed by atoms with van der Waals surface area (Å²) in [7, 11) is -3.00. The summed E-state index contributed by atoms with van der Waals surface area (Å²) in [6.45, 7) is 0. The molecule has 128 valence electrons. The fourth-order valence-electron chi connectivity index (χ4n) is 3.21. The molecule has 0 saturated carbocycles. The summed E-state index contributed by atoms with van der Waals surface area (Å²) in [5.74, 6) is 0. The summed E-state index contributed by atoms with van der Waals surface area (Å²) in [6.07, 6.45) is 0. The summed E-state index contributed by atoms with van der Waals surface area (Å²) in [6, 6.07) is 29.8. The standard InChI is InChI=1S/C22H15Br2OP/c23-17-8-12-19(13-9-17)26(25,20-14-10-18(24)11-15-20)22-7-3-5-16-4-1-2-6-21(16)22/h1-15H. The van der Waals surface area contributed by atoms with Crippen LogP contribution in [0.4, 0.5) is 0 Å². The van der Waals surface area contributed by atoms with E-state index in [1.807, 2.05) is 72.8 Å². The second-order valence-corrected chi connectivity index (χ2v) is 10.6. The van der Waals surface area contributed by atoms with Crippen molar-refractivity contribution in [1.82, 2.24) is 0 Å². The zero-order chi connectivity index (χ0) is 18.1. The van der Waals surface area contributed by atoms with Crippen molar-refractivity contribution in [2.45, 2.75) is 0 Å². The van der Waals surface area contributed by atoms with Crippen molar-refractivity contribution in [3.8, 4) is 0 Å². The number of rotatable bonds is 3. The van der Waals surface area contributed by atoms with Crippen molar-refractivity contribution in [2.75, 3.05) is 0 Å². The predicted octanol–water partition coefficient (Wildman–Crippen LogP) is 6.00. The van der Waals surface area contributed by atoms with Crippen molar-refractivity contribution < 1.29 is 4.57 Å². The molecule has 0 spiro atoms. The molecule has 4 heteroatoms. The van der Waals surface area contributed by atoms with Crippen molar-refractivity contribution in [2.24, 2.45) is 0 Å². The highest BCUT2D eigenvalue weighted by atomic mass is 79.9. The van der Waals surface area contributed by atoms with Gasteiger partial charge in [0.2, 0.25) is 0 Å². The molecule has 0 radical (unpaired) electrons. The van der Waals surface area contributed by atoms with Crippen molar-refractivity contribution in [3.63, 3.8) is 0 Å². The molecular formula is C22H15Br2OP. The first-order chi connectivity index (χ1) is 12.6. The Labute approximate surface area is 169 Å². The van der Waals surface area contributed by atoms with Gasteiger partial charge in [-0.05, 0) is 59.3 Å². The Morgan fingerprint density at radius 3 is 1.65 bits per heavy atom. The molecule has 4 aromatic rings. The van der Waals surface area contributed by atoms with E-state index in [1.165, 1.54) is 0 Å². The Hall–Kier alpha value is -1.67. The van der Waals surface area contributed by atoms with Gasteiger partial charge in [0.05, 0.1) is 0 Å². The highest BCUT2D eigenvalue weighted by Crippen LogP contribution is 2.44. The highest BCUT2D eigenvalue weighted by Gasteiger charge is 2.31. The number of halogens is 2. The molecule has 0 N–H and O–H groups in total. The van der Waals surface area contributed by atoms with Crippen LogP contribution in [-0.2, 0) is 4.57 Å². The van der Waals surface area contributed by atoms with Gasteiger partial charge in [-0.2, -0.15) is 0 Å². The second kappa shape index (κ2) is 7.15. The van der Waals surface area contributed by atoms with E-state index in [-0.39, 0.29) is 0 Å². The first kappa shape index (κ1) is 17.7. The van der Waals surface area contributed by atoms with Gasteiger partial charge >= 0.3 is 0 Å². The van der Waals surface area contributed by atoms with Crippen molar-refractivity contribution in [1.29, 1.82) is 0 Å². The Kier molecular flexibility index (Phi) is 4.88. The maximum absolute atomic E-state index is 14.6. The van der Waals surface area contributed by atoms with Crippen LogP contribution in [0.5, 0.6) is 0 Å². The lowest BCUT2D eigenvalue weighted by atomic mass is 10.1. The molecule has 0 bridgehead atoms. The van der Waals surface area contributed by atoms with Crippen LogP contribution in [0.1, 0.15) is 0 Å². The van der Waals surface area contributed by atoms with Gasteiger partial charge in [0.1, 0.15) is 0 Å². The summed E-state index contributed by atoms with van der Waals surface area (Å²) in [5.41, 5.74) is 0. The minimum absolute atomic E-state index is 0.833. The topological polar surface area (TPSA) is 17.1 Å². The quantitative estimate of drug-likeness (QED) is 0.325. The zero-order valence-electron chi connectivity index (χ0n) is 13.8. The third-order valence-corrected chi connectivity index (χ3v) is 8.66. The van der Waals surface area contributed by atoms with E-state index in [1.54, 1.807) is 0 Å². The molecule has 0 aliphatic rings. The molecule has 0 saturated heterocycles. The molecule has 4 rings (SSSR count). The molecule has 0 fully saturated rings. The van der Waals surface area contributed by atoms with E-state index in [0.29, 0.717) is 0 Å². The van der Waals surface area contributed by atoms with Crippen LogP contribution in [0.2, 0.25) is 0 Å². The fraction of sp³-hybridized carbons (Fsp3) is 0. The van der Waals surface area contributed by atoms with Crippen molar-refractivity contribution >= 4 is 65.7 Å². The largest absolute Gasteiger partial charge is 0.309 e. The highest BCUT2D eigenvalue weighted by molar-refractivity contribution is 9.10. The van der Waals surface area contributed by atoms with E-state index in [2.05, 4.69) is 50.1 Å². The summed E-state index contributed by atoms with van der Waals surface area (Å²) < 4.78 is 16.6. The maximum atomic E-state index is 14.6. The van der Waals surface area contributed by atoms with E-state index >= 15 is 0 Å². The molecule has 0 aliphatic heterocycles. The smallest absolute Gasteiger partial charge is 0.171 e. The summed E-state index contributed by atoms with van der Waals surface area (Å²) in [5, 5.41) is 4.67. The molecular weight excluding hydrogens is 471 g/mol. The molecule has 0 amide bonds. The molecule has 0 aromatic heterocycles. The van der Waals surface area contributed by atoms with E-state index in [4.69, 9.17) is 0 Å². The van der Waals surface area contributed by atoms with Gasteiger partial charge in [-0.15, -0.1) is 0 Å². The van der Waals surface area contributed by atoms with Gasteiger partial charge in [0.25, 0.3) is 0 Å². The Bertz CT molecular complexity index is 1060. The Balaban J connectivity index is 2.06. The first-order valence-corrected chi connectivity index (χ1v) is 11.5. The van der Waals surface area contributed by atoms with Gasteiger partial charge in [0, 0.05) is 24.9 Å². The van der Waals surface area contributed by atoms with Crippen LogP contribution in [0.25, 0.3) is 10.8 Å². The molecule has 0 heterocycles. The SMILES string of the molecule is O=P(c1ccc(Br)cc1)(c1ccc(Br)cc1)c1cccc2ccccc12. The van der Waals surface area contributed by atoms with Gasteiger partial charge in [-0.3, -0.25) is 0 Å². The minimum atomic E-state index is -3.00. The van der Waals surface area contributed by atoms with Crippen LogP contribution in [-0.4, -0.2) is 0 Å². The number of fused-ring (bicyclic) bond motifs is 1. The lowest BCUT2D eigenvalue weighted by Crippen LogP contribution is -2.25. The van der Waals surface area contributed by atoms with Gasteiger partial charge in [-0.25, -0.2) is 0 Å². The van der Waals surface area contributed by atoms with Crippen LogP contribution >= 0.6 is 39.0 Å². The molecule has 26 heavy (non-hydrogen) atoms. The molecule has 4 aromatic carbocycles. The van der Waals surface area contributed by atoms with Gasteiger partial charge in [-0.1, -0.05) is 74.3 Å². The second-order valence-electron chi connectivity index (χ2n) is 6.06. The fourth-order valence-corrected chi connectivity index (χ4v) is 6.57. The average Bonchev–Trinajstić information content (AvgIpc) is 2.68.